The van der Waals surface area contributed by atoms with Crippen LogP contribution in [0, 0.1) is 12.8 Å². The summed E-state index contributed by atoms with van der Waals surface area (Å²) in [6, 6.07) is 11.8. The second-order valence-corrected chi connectivity index (χ2v) is 6.75. The van der Waals surface area contributed by atoms with Crippen LogP contribution in [0.5, 0.6) is 5.75 Å². The van der Waals surface area contributed by atoms with Crippen LogP contribution < -0.4 is 4.74 Å². The van der Waals surface area contributed by atoms with Crippen molar-refractivity contribution in [3.8, 4) is 5.75 Å². The summed E-state index contributed by atoms with van der Waals surface area (Å²) >= 11 is 0. The summed E-state index contributed by atoms with van der Waals surface area (Å²) in [7, 11) is 0. The highest BCUT2D eigenvalue weighted by Gasteiger charge is 2.25. The summed E-state index contributed by atoms with van der Waals surface area (Å²) in [5.41, 5.74) is 2.99. The number of aryl methyl sites for hydroxylation is 2. The van der Waals surface area contributed by atoms with Gasteiger partial charge in [-0.3, -0.25) is 9.78 Å². The van der Waals surface area contributed by atoms with Crippen LogP contribution in [0.4, 0.5) is 0 Å². The Morgan fingerprint density at radius 2 is 2.08 bits per heavy atom. The minimum Gasteiger partial charge on any atom is -0.493 e. The molecule has 2 heterocycles. The Morgan fingerprint density at radius 3 is 2.80 bits per heavy atom. The van der Waals surface area contributed by atoms with Gasteiger partial charge in [0.15, 0.2) is 0 Å². The molecule has 1 aliphatic rings. The first-order valence-electron chi connectivity index (χ1n) is 9.09. The first-order chi connectivity index (χ1) is 12.2. The zero-order chi connectivity index (χ0) is 17.6. The Balaban J connectivity index is 1.57. The predicted molar refractivity (Wildman–Crippen MR) is 98.9 cm³/mol. The van der Waals surface area contributed by atoms with Crippen molar-refractivity contribution in [2.45, 2.75) is 33.1 Å². The third-order valence-corrected chi connectivity index (χ3v) is 4.77. The average Bonchev–Trinajstić information content (AvgIpc) is 2.66. The van der Waals surface area contributed by atoms with Gasteiger partial charge in [0.05, 0.1) is 6.61 Å². The second kappa shape index (κ2) is 8.15. The zero-order valence-electron chi connectivity index (χ0n) is 15.1. The molecule has 4 nitrogen and oxygen atoms in total. The molecule has 0 spiro atoms. The number of hydrogen-bond acceptors (Lipinski definition) is 3. The topological polar surface area (TPSA) is 42.4 Å². The van der Waals surface area contributed by atoms with Crippen LogP contribution in [0.1, 0.15) is 41.4 Å². The largest absolute Gasteiger partial charge is 0.493 e. The number of piperidine rings is 1. The third-order valence-electron chi connectivity index (χ3n) is 4.77. The maximum atomic E-state index is 12.7. The lowest BCUT2D eigenvalue weighted by atomic mass is 9.98. The number of aromatic nitrogens is 1. The molecule has 4 heteroatoms. The highest BCUT2D eigenvalue weighted by Crippen LogP contribution is 2.21. The first kappa shape index (κ1) is 17.5. The van der Waals surface area contributed by atoms with Gasteiger partial charge in [0, 0.05) is 42.5 Å². The van der Waals surface area contributed by atoms with E-state index in [0.29, 0.717) is 12.5 Å². The summed E-state index contributed by atoms with van der Waals surface area (Å²) in [6.45, 7) is 6.31. The molecule has 0 aliphatic carbocycles. The van der Waals surface area contributed by atoms with Crippen molar-refractivity contribution >= 4 is 5.91 Å². The fourth-order valence-corrected chi connectivity index (χ4v) is 3.27. The molecule has 25 heavy (non-hydrogen) atoms. The van der Waals surface area contributed by atoms with E-state index in [4.69, 9.17) is 4.74 Å². The molecule has 3 rings (SSSR count). The van der Waals surface area contributed by atoms with Crippen molar-refractivity contribution in [2.75, 3.05) is 19.7 Å². The number of hydrogen-bond donors (Lipinski definition) is 0. The molecule has 1 atom stereocenters. The van der Waals surface area contributed by atoms with Gasteiger partial charge in [-0.1, -0.05) is 19.1 Å². The van der Waals surface area contributed by atoms with Crippen molar-refractivity contribution in [1.29, 1.82) is 0 Å². The molecule has 0 radical (unpaired) electrons. The molecular weight excluding hydrogens is 312 g/mol. The van der Waals surface area contributed by atoms with Gasteiger partial charge in [0.1, 0.15) is 5.75 Å². The molecule has 132 valence electrons. The first-order valence-corrected chi connectivity index (χ1v) is 9.09. The lowest BCUT2D eigenvalue weighted by Crippen LogP contribution is -2.41. The van der Waals surface area contributed by atoms with Crippen LogP contribution in [-0.4, -0.2) is 35.5 Å². The summed E-state index contributed by atoms with van der Waals surface area (Å²) in [5, 5.41) is 0. The van der Waals surface area contributed by atoms with Crippen LogP contribution in [0.3, 0.4) is 0 Å². The molecule has 1 saturated heterocycles. The van der Waals surface area contributed by atoms with Crippen molar-refractivity contribution in [1.82, 2.24) is 9.88 Å². The molecule has 0 N–H and O–H groups in total. The molecule has 1 fully saturated rings. The molecular formula is C21H26N2O2. The summed E-state index contributed by atoms with van der Waals surface area (Å²) in [5.74, 6) is 1.36. The number of nitrogens with zero attached hydrogens (tertiary/aromatic N) is 2. The molecule has 1 aliphatic heterocycles. The molecule has 1 aromatic carbocycles. The number of rotatable bonds is 5. The molecule has 1 aromatic heterocycles. The number of ether oxygens (including phenoxy) is 1. The number of carbonyl (C=O) groups is 1. The minimum absolute atomic E-state index is 0.132. The van der Waals surface area contributed by atoms with Gasteiger partial charge in [0.2, 0.25) is 0 Å². The normalized spacial score (nSPS) is 17.4. The fourth-order valence-electron chi connectivity index (χ4n) is 3.27. The molecule has 0 saturated carbocycles. The van der Waals surface area contributed by atoms with E-state index in [1.165, 1.54) is 5.56 Å². The Labute approximate surface area is 149 Å². The Hall–Kier alpha value is -2.36. The number of amides is 1. The lowest BCUT2D eigenvalue weighted by molar-refractivity contribution is 0.0633. The second-order valence-electron chi connectivity index (χ2n) is 6.75. The molecule has 1 unspecified atom stereocenters. The van der Waals surface area contributed by atoms with Crippen LogP contribution in [-0.2, 0) is 6.42 Å². The standard InChI is InChI=1S/C21H26N2O2/c1-3-17-6-8-19(9-7-17)21(24)23-12-4-5-18(14-23)15-25-20-10-11-22-16(2)13-20/h6-11,13,18H,3-5,12,14-15H2,1-2H3. The van der Waals surface area contributed by atoms with E-state index in [2.05, 4.69) is 11.9 Å². The van der Waals surface area contributed by atoms with E-state index in [9.17, 15) is 4.79 Å². The smallest absolute Gasteiger partial charge is 0.253 e. The maximum absolute atomic E-state index is 12.7. The fraction of sp³-hybridized carbons (Fsp3) is 0.429. The van der Waals surface area contributed by atoms with Gasteiger partial charge < -0.3 is 9.64 Å². The van der Waals surface area contributed by atoms with E-state index >= 15 is 0 Å². The van der Waals surface area contributed by atoms with Gasteiger partial charge >= 0.3 is 0 Å². The minimum atomic E-state index is 0.132. The van der Waals surface area contributed by atoms with Crippen LogP contribution in [0.15, 0.2) is 42.6 Å². The summed E-state index contributed by atoms with van der Waals surface area (Å²) < 4.78 is 5.91. The van der Waals surface area contributed by atoms with Crippen molar-refractivity contribution in [2.24, 2.45) is 5.92 Å². The van der Waals surface area contributed by atoms with Gasteiger partial charge in [0.25, 0.3) is 5.91 Å². The summed E-state index contributed by atoms with van der Waals surface area (Å²) in [4.78, 5) is 18.9. The SMILES string of the molecule is CCc1ccc(C(=O)N2CCCC(COc3ccnc(C)c3)C2)cc1. The highest BCUT2D eigenvalue weighted by atomic mass is 16.5. The quantitative estimate of drug-likeness (QED) is 0.831. The third kappa shape index (κ3) is 4.59. The number of likely N-dealkylation sites (tertiary alicyclic amines) is 1. The highest BCUT2D eigenvalue weighted by molar-refractivity contribution is 5.94. The van der Waals surface area contributed by atoms with E-state index in [-0.39, 0.29) is 5.91 Å². The van der Waals surface area contributed by atoms with Crippen molar-refractivity contribution in [3.63, 3.8) is 0 Å². The van der Waals surface area contributed by atoms with Gasteiger partial charge in [-0.2, -0.15) is 0 Å². The van der Waals surface area contributed by atoms with Crippen molar-refractivity contribution in [3.05, 3.63) is 59.4 Å². The van der Waals surface area contributed by atoms with E-state index in [0.717, 1.165) is 49.4 Å². The Kier molecular flexibility index (Phi) is 5.69. The zero-order valence-corrected chi connectivity index (χ0v) is 15.1. The number of benzene rings is 1. The number of pyridine rings is 1. The van der Waals surface area contributed by atoms with E-state index < -0.39 is 0 Å². The molecule has 0 bridgehead atoms. The van der Waals surface area contributed by atoms with Gasteiger partial charge in [-0.05, 0) is 49.9 Å². The average molecular weight is 338 g/mol. The van der Waals surface area contributed by atoms with Crippen LogP contribution >= 0.6 is 0 Å². The van der Waals surface area contributed by atoms with Crippen LogP contribution in [0.25, 0.3) is 0 Å². The van der Waals surface area contributed by atoms with E-state index in [1.807, 2.05) is 48.2 Å². The Morgan fingerprint density at radius 1 is 1.28 bits per heavy atom. The molecule has 1 amide bonds. The lowest BCUT2D eigenvalue weighted by Gasteiger charge is -2.32. The monoisotopic (exact) mass is 338 g/mol. The predicted octanol–water partition coefficient (Wildman–Crippen LogP) is 3.88. The number of carbonyl (C=O) groups excluding carboxylic acids is 1. The Bertz CT molecular complexity index is 712. The molecule has 2 aromatic rings. The van der Waals surface area contributed by atoms with Gasteiger partial charge in [-0.15, -0.1) is 0 Å². The summed E-state index contributed by atoms with van der Waals surface area (Å²) in [6.07, 6.45) is 4.89. The maximum Gasteiger partial charge on any atom is 0.253 e. The van der Waals surface area contributed by atoms with Crippen LogP contribution in [0.2, 0.25) is 0 Å². The van der Waals surface area contributed by atoms with Gasteiger partial charge in [-0.25, -0.2) is 0 Å². The van der Waals surface area contributed by atoms with Crippen molar-refractivity contribution < 1.29 is 9.53 Å². The van der Waals surface area contributed by atoms with E-state index in [1.54, 1.807) is 6.20 Å².